The Balaban J connectivity index is 1.72. The van der Waals surface area contributed by atoms with Crippen molar-refractivity contribution >= 4 is 17.8 Å². The van der Waals surface area contributed by atoms with Crippen molar-refractivity contribution in [3.8, 4) is 0 Å². The van der Waals surface area contributed by atoms with Crippen LogP contribution in [0.4, 0.5) is 5.69 Å². The van der Waals surface area contributed by atoms with Crippen molar-refractivity contribution in [2.24, 2.45) is 0 Å². The SMILES string of the molecule is Cc1cc(/C=C/c2ccc(N(C)C)cc2)cn1Cc1ccccc1. The van der Waals surface area contributed by atoms with Gasteiger partial charge in [-0.1, -0.05) is 54.6 Å². The zero-order valence-electron chi connectivity index (χ0n) is 14.6. The molecule has 0 unspecified atom stereocenters. The second kappa shape index (κ2) is 7.22. The summed E-state index contributed by atoms with van der Waals surface area (Å²) in [5, 5.41) is 0. The summed E-state index contributed by atoms with van der Waals surface area (Å²) in [4.78, 5) is 2.11. The number of nitrogens with zero attached hydrogens (tertiary/aromatic N) is 2. The summed E-state index contributed by atoms with van der Waals surface area (Å²) < 4.78 is 2.30. The number of benzene rings is 2. The summed E-state index contributed by atoms with van der Waals surface area (Å²) in [6, 6.07) is 21.4. The maximum atomic E-state index is 2.30. The fourth-order valence-corrected chi connectivity index (χ4v) is 2.76. The Morgan fingerprint density at radius 2 is 1.54 bits per heavy atom. The topological polar surface area (TPSA) is 8.17 Å². The summed E-state index contributed by atoms with van der Waals surface area (Å²) in [7, 11) is 4.12. The van der Waals surface area contributed by atoms with E-state index < -0.39 is 0 Å². The fourth-order valence-electron chi connectivity index (χ4n) is 2.76. The average molecular weight is 316 g/mol. The molecule has 2 aromatic carbocycles. The standard InChI is InChI=1S/C22H24N2/c1-18-15-21(17-24(18)16-20-7-5-4-6-8-20)10-9-19-11-13-22(14-12-19)23(2)3/h4-15,17H,16H2,1-3H3/b10-9+. The smallest absolute Gasteiger partial charge is 0.0472 e. The van der Waals surface area contributed by atoms with Gasteiger partial charge in [0.05, 0.1) is 0 Å². The van der Waals surface area contributed by atoms with Gasteiger partial charge in [0.2, 0.25) is 0 Å². The van der Waals surface area contributed by atoms with Gasteiger partial charge in [-0.15, -0.1) is 0 Å². The minimum atomic E-state index is 0.915. The molecule has 0 saturated carbocycles. The Kier molecular flexibility index (Phi) is 4.85. The first-order valence-corrected chi connectivity index (χ1v) is 8.28. The lowest BCUT2D eigenvalue weighted by molar-refractivity contribution is 0.776. The number of rotatable bonds is 5. The van der Waals surface area contributed by atoms with Crippen LogP contribution in [-0.2, 0) is 6.54 Å². The van der Waals surface area contributed by atoms with E-state index >= 15 is 0 Å². The van der Waals surface area contributed by atoms with Crippen LogP contribution in [-0.4, -0.2) is 18.7 Å². The molecule has 2 heteroatoms. The highest BCUT2D eigenvalue weighted by Gasteiger charge is 2.01. The van der Waals surface area contributed by atoms with Crippen LogP contribution in [0.25, 0.3) is 12.2 Å². The molecule has 0 spiro atoms. The van der Waals surface area contributed by atoms with Gasteiger partial charge in [0.25, 0.3) is 0 Å². The highest BCUT2D eigenvalue weighted by molar-refractivity contribution is 5.70. The van der Waals surface area contributed by atoms with Gasteiger partial charge in [-0.05, 0) is 41.8 Å². The third-order valence-corrected chi connectivity index (χ3v) is 4.21. The van der Waals surface area contributed by atoms with Crippen LogP contribution >= 0.6 is 0 Å². The Morgan fingerprint density at radius 1 is 0.875 bits per heavy atom. The first-order chi connectivity index (χ1) is 11.6. The third kappa shape index (κ3) is 3.96. The van der Waals surface area contributed by atoms with E-state index in [4.69, 9.17) is 0 Å². The van der Waals surface area contributed by atoms with E-state index in [-0.39, 0.29) is 0 Å². The molecule has 0 aliphatic carbocycles. The molecule has 0 aliphatic rings. The second-order valence-electron chi connectivity index (χ2n) is 6.35. The van der Waals surface area contributed by atoms with Gasteiger partial charge in [-0.25, -0.2) is 0 Å². The molecule has 1 aromatic heterocycles. The monoisotopic (exact) mass is 316 g/mol. The van der Waals surface area contributed by atoms with Crippen LogP contribution in [0.2, 0.25) is 0 Å². The quantitative estimate of drug-likeness (QED) is 0.637. The molecule has 0 N–H and O–H groups in total. The molecule has 0 aliphatic heterocycles. The molecular weight excluding hydrogens is 292 g/mol. The number of aryl methyl sites for hydroxylation is 1. The van der Waals surface area contributed by atoms with Gasteiger partial charge in [-0.3, -0.25) is 0 Å². The predicted octanol–water partition coefficient (Wildman–Crippen LogP) is 5.08. The van der Waals surface area contributed by atoms with Gasteiger partial charge < -0.3 is 9.47 Å². The molecule has 3 aromatic rings. The molecule has 122 valence electrons. The van der Waals surface area contributed by atoms with Crippen LogP contribution in [0.3, 0.4) is 0 Å². The largest absolute Gasteiger partial charge is 0.378 e. The van der Waals surface area contributed by atoms with Gasteiger partial charge in [-0.2, -0.15) is 0 Å². The normalized spacial score (nSPS) is 11.1. The second-order valence-corrected chi connectivity index (χ2v) is 6.35. The summed E-state index contributed by atoms with van der Waals surface area (Å²) in [6.45, 7) is 3.07. The summed E-state index contributed by atoms with van der Waals surface area (Å²) in [5.41, 5.74) is 6.28. The Bertz CT molecular complexity index is 809. The molecule has 2 nitrogen and oxygen atoms in total. The summed E-state index contributed by atoms with van der Waals surface area (Å²) in [5.74, 6) is 0. The highest BCUT2D eigenvalue weighted by atomic mass is 15.1. The van der Waals surface area contributed by atoms with E-state index in [0.29, 0.717) is 0 Å². The van der Waals surface area contributed by atoms with Crippen molar-refractivity contribution in [2.75, 3.05) is 19.0 Å². The molecule has 0 saturated heterocycles. The van der Waals surface area contributed by atoms with E-state index in [2.05, 4.69) is 109 Å². The minimum Gasteiger partial charge on any atom is -0.378 e. The highest BCUT2D eigenvalue weighted by Crippen LogP contribution is 2.16. The van der Waals surface area contributed by atoms with Crippen molar-refractivity contribution in [3.63, 3.8) is 0 Å². The van der Waals surface area contributed by atoms with Gasteiger partial charge in [0, 0.05) is 38.2 Å². The van der Waals surface area contributed by atoms with Crippen LogP contribution in [0.5, 0.6) is 0 Å². The number of hydrogen-bond acceptors (Lipinski definition) is 1. The number of aromatic nitrogens is 1. The fraction of sp³-hybridized carbons (Fsp3) is 0.182. The summed E-state index contributed by atoms with van der Waals surface area (Å²) in [6.07, 6.45) is 6.56. The lowest BCUT2D eigenvalue weighted by Crippen LogP contribution is -2.07. The maximum absolute atomic E-state index is 2.30. The van der Waals surface area contributed by atoms with E-state index in [1.54, 1.807) is 0 Å². The van der Waals surface area contributed by atoms with Gasteiger partial charge in [0.1, 0.15) is 0 Å². The van der Waals surface area contributed by atoms with E-state index in [9.17, 15) is 0 Å². The zero-order valence-corrected chi connectivity index (χ0v) is 14.6. The minimum absolute atomic E-state index is 0.915. The number of hydrogen-bond donors (Lipinski definition) is 0. The van der Waals surface area contributed by atoms with E-state index in [1.807, 2.05) is 0 Å². The van der Waals surface area contributed by atoms with Crippen LogP contribution in [0, 0.1) is 6.92 Å². The average Bonchev–Trinajstić information content (AvgIpc) is 2.94. The summed E-state index contributed by atoms with van der Waals surface area (Å²) >= 11 is 0. The van der Waals surface area contributed by atoms with Gasteiger partial charge >= 0.3 is 0 Å². The first kappa shape index (κ1) is 16.1. The maximum Gasteiger partial charge on any atom is 0.0472 e. The lowest BCUT2D eigenvalue weighted by atomic mass is 10.1. The van der Waals surface area contributed by atoms with Gasteiger partial charge in [0.15, 0.2) is 0 Å². The predicted molar refractivity (Wildman–Crippen MR) is 104 cm³/mol. The third-order valence-electron chi connectivity index (χ3n) is 4.21. The molecule has 0 atom stereocenters. The zero-order chi connectivity index (χ0) is 16.9. The van der Waals surface area contributed by atoms with Crippen LogP contribution in [0.15, 0.2) is 66.9 Å². The van der Waals surface area contributed by atoms with Crippen molar-refractivity contribution in [1.82, 2.24) is 4.57 Å². The molecule has 0 bridgehead atoms. The molecule has 1 heterocycles. The first-order valence-electron chi connectivity index (χ1n) is 8.28. The number of anilines is 1. The van der Waals surface area contributed by atoms with E-state index in [0.717, 1.165) is 6.54 Å². The van der Waals surface area contributed by atoms with Crippen molar-refractivity contribution in [3.05, 3.63) is 89.2 Å². The van der Waals surface area contributed by atoms with E-state index in [1.165, 1.54) is 28.1 Å². The molecule has 24 heavy (non-hydrogen) atoms. The molecule has 0 amide bonds. The molecule has 0 fully saturated rings. The Morgan fingerprint density at radius 3 is 2.21 bits per heavy atom. The molecular formula is C22H24N2. The molecule has 0 radical (unpaired) electrons. The van der Waals surface area contributed by atoms with Crippen LogP contribution in [0.1, 0.15) is 22.4 Å². The van der Waals surface area contributed by atoms with Crippen molar-refractivity contribution in [1.29, 1.82) is 0 Å². The van der Waals surface area contributed by atoms with Crippen molar-refractivity contribution < 1.29 is 0 Å². The Labute approximate surface area is 144 Å². The lowest BCUT2D eigenvalue weighted by Gasteiger charge is -2.11. The van der Waals surface area contributed by atoms with Crippen LogP contribution < -0.4 is 4.90 Å². The molecule has 3 rings (SSSR count). The van der Waals surface area contributed by atoms with Crippen molar-refractivity contribution in [2.45, 2.75) is 13.5 Å². The Hall–Kier alpha value is -2.74.